The van der Waals surface area contributed by atoms with E-state index in [0.717, 1.165) is 5.56 Å². The topological polar surface area (TPSA) is 9.23 Å². The van der Waals surface area contributed by atoms with Crippen molar-refractivity contribution in [2.24, 2.45) is 0 Å². The summed E-state index contributed by atoms with van der Waals surface area (Å²) in [7, 11) is 0. The van der Waals surface area contributed by atoms with Gasteiger partial charge in [-0.1, -0.05) is 17.7 Å². The van der Waals surface area contributed by atoms with Crippen molar-refractivity contribution in [3.05, 3.63) is 59.2 Å². The van der Waals surface area contributed by atoms with Crippen LogP contribution in [0.25, 0.3) is 0 Å². The van der Waals surface area contributed by atoms with Gasteiger partial charge in [-0.05, 0) is 37.3 Å². The summed E-state index contributed by atoms with van der Waals surface area (Å²) in [5.74, 6) is -0.569. The molecule has 0 radical (unpaired) electrons. The van der Waals surface area contributed by atoms with Crippen molar-refractivity contribution in [2.45, 2.75) is 19.3 Å². The molecule has 0 fully saturated rings. The largest absolute Gasteiger partial charge is 0.457 e. The summed E-state index contributed by atoms with van der Waals surface area (Å²) in [4.78, 5) is 0. The van der Waals surface area contributed by atoms with Crippen LogP contribution in [0, 0.1) is 6.92 Å². The third-order valence-electron chi connectivity index (χ3n) is 2.86. The van der Waals surface area contributed by atoms with Gasteiger partial charge in [0.15, 0.2) is 0 Å². The van der Waals surface area contributed by atoms with E-state index in [-0.39, 0.29) is 11.8 Å². The lowest BCUT2D eigenvalue weighted by molar-refractivity contribution is -0.143. The minimum atomic E-state index is -4.96. The lowest BCUT2D eigenvalue weighted by atomic mass is 10.1. The molecule has 0 saturated carbocycles. The van der Waals surface area contributed by atoms with Crippen molar-refractivity contribution in [3.63, 3.8) is 0 Å². The van der Waals surface area contributed by atoms with E-state index in [1.807, 2.05) is 0 Å². The minimum Gasteiger partial charge on any atom is -0.457 e. The van der Waals surface area contributed by atoms with Gasteiger partial charge in [0.2, 0.25) is 0 Å². The molecule has 22 heavy (non-hydrogen) atoms. The number of alkyl halides is 6. The lowest BCUT2D eigenvalue weighted by Gasteiger charge is -2.16. The molecule has 0 amide bonds. The van der Waals surface area contributed by atoms with E-state index in [2.05, 4.69) is 0 Å². The van der Waals surface area contributed by atoms with E-state index < -0.39 is 29.2 Å². The van der Waals surface area contributed by atoms with Crippen molar-refractivity contribution in [2.75, 3.05) is 0 Å². The maximum absolute atomic E-state index is 12.9. The number of halogens is 6. The van der Waals surface area contributed by atoms with Crippen molar-refractivity contribution in [3.8, 4) is 11.5 Å². The van der Waals surface area contributed by atoms with E-state index in [1.54, 1.807) is 19.1 Å². The first kappa shape index (κ1) is 16.2. The number of hydrogen-bond acceptors (Lipinski definition) is 1. The molecule has 0 unspecified atom stereocenters. The van der Waals surface area contributed by atoms with Crippen molar-refractivity contribution in [1.82, 2.24) is 0 Å². The molecule has 0 saturated heterocycles. The molecule has 2 rings (SSSR count). The normalized spacial score (nSPS) is 12.3. The molecule has 0 atom stereocenters. The maximum Gasteiger partial charge on any atom is 0.420 e. The van der Waals surface area contributed by atoms with E-state index in [4.69, 9.17) is 4.74 Å². The predicted octanol–water partition coefficient (Wildman–Crippen LogP) is 5.82. The van der Waals surface area contributed by atoms with Gasteiger partial charge < -0.3 is 4.74 Å². The average molecular weight is 320 g/mol. The van der Waals surface area contributed by atoms with Gasteiger partial charge in [0.25, 0.3) is 0 Å². The molecule has 0 aliphatic carbocycles. The zero-order valence-electron chi connectivity index (χ0n) is 11.2. The van der Waals surface area contributed by atoms with Crippen LogP contribution in [0.1, 0.15) is 16.7 Å². The number of benzene rings is 2. The van der Waals surface area contributed by atoms with Gasteiger partial charge in [0.05, 0.1) is 11.1 Å². The molecule has 0 aliphatic heterocycles. The Kier molecular flexibility index (Phi) is 4.08. The minimum absolute atomic E-state index is 0.0452. The first-order valence-corrected chi connectivity index (χ1v) is 6.10. The third kappa shape index (κ3) is 3.72. The summed E-state index contributed by atoms with van der Waals surface area (Å²) < 4.78 is 81.5. The molecule has 2 aromatic carbocycles. The molecule has 0 spiro atoms. The molecule has 0 bridgehead atoms. The lowest BCUT2D eigenvalue weighted by Crippen LogP contribution is -2.11. The first-order chi connectivity index (χ1) is 10.1. The SMILES string of the molecule is Cc1ccc(Oc2ccc(C(F)(F)F)cc2C(F)(F)F)cc1. The monoisotopic (exact) mass is 320 g/mol. The van der Waals surface area contributed by atoms with Crippen LogP contribution in [0.15, 0.2) is 42.5 Å². The second-order valence-electron chi connectivity index (χ2n) is 4.62. The van der Waals surface area contributed by atoms with Crippen LogP contribution in [0.4, 0.5) is 26.3 Å². The van der Waals surface area contributed by atoms with Crippen molar-refractivity contribution < 1.29 is 31.1 Å². The Balaban J connectivity index is 2.44. The average Bonchev–Trinajstić information content (AvgIpc) is 2.39. The maximum atomic E-state index is 12.9. The molecular formula is C15H10F6O. The van der Waals surface area contributed by atoms with Crippen LogP contribution in [0.5, 0.6) is 11.5 Å². The van der Waals surface area contributed by atoms with E-state index in [9.17, 15) is 26.3 Å². The fourth-order valence-electron chi connectivity index (χ4n) is 1.75. The zero-order chi connectivity index (χ0) is 16.5. The zero-order valence-corrected chi connectivity index (χ0v) is 11.2. The van der Waals surface area contributed by atoms with Crippen LogP contribution in [0.2, 0.25) is 0 Å². The van der Waals surface area contributed by atoms with Crippen LogP contribution in [-0.2, 0) is 12.4 Å². The van der Waals surface area contributed by atoms with Gasteiger partial charge in [-0.3, -0.25) is 0 Å². The van der Waals surface area contributed by atoms with Gasteiger partial charge in [-0.25, -0.2) is 0 Å². The summed E-state index contributed by atoms with van der Waals surface area (Å²) in [5.41, 5.74) is -1.98. The Bertz CT molecular complexity index is 655. The summed E-state index contributed by atoms with van der Waals surface area (Å²) in [6.45, 7) is 1.78. The second-order valence-corrected chi connectivity index (χ2v) is 4.62. The fraction of sp³-hybridized carbons (Fsp3) is 0.200. The summed E-state index contributed by atoms with van der Waals surface area (Å²) in [6, 6.07) is 7.38. The third-order valence-corrected chi connectivity index (χ3v) is 2.86. The quantitative estimate of drug-likeness (QED) is 0.633. The molecule has 0 aromatic heterocycles. The standard InChI is InChI=1S/C15H10F6O/c1-9-2-5-11(6-3-9)22-13-7-4-10(14(16,17)18)8-12(13)15(19,20)21/h2-8H,1H3. The highest BCUT2D eigenvalue weighted by Crippen LogP contribution is 2.41. The van der Waals surface area contributed by atoms with Gasteiger partial charge >= 0.3 is 12.4 Å². The van der Waals surface area contributed by atoms with E-state index in [0.29, 0.717) is 12.1 Å². The highest BCUT2D eigenvalue weighted by atomic mass is 19.4. The Hall–Kier alpha value is -2.18. The Labute approximate surface area is 122 Å². The smallest absolute Gasteiger partial charge is 0.420 e. The summed E-state index contributed by atoms with van der Waals surface area (Å²) in [5, 5.41) is 0. The highest BCUT2D eigenvalue weighted by molar-refractivity contribution is 5.43. The van der Waals surface area contributed by atoms with Crippen LogP contribution in [-0.4, -0.2) is 0 Å². The number of aryl methyl sites for hydroxylation is 1. The Morgan fingerprint density at radius 1 is 0.773 bits per heavy atom. The molecule has 1 nitrogen and oxygen atoms in total. The molecule has 2 aromatic rings. The number of rotatable bonds is 2. The van der Waals surface area contributed by atoms with Gasteiger partial charge in [0.1, 0.15) is 11.5 Å². The van der Waals surface area contributed by atoms with Gasteiger partial charge in [-0.2, -0.15) is 26.3 Å². The van der Waals surface area contributed by atoms with E-state index >= 15 is 0 Å². The molecule has 0 aliphatic rings. The van der Waals surface area contributed by atoms with Crippen LogP contribution < -0.4 is 4.74 Å². The second kappa shape index (κ2) is 5.55. The molecule has 7 heteroatoms. The van der Waals surface area contributed by atoms with Crippen LogP contribution in [0.3, 0.4) is 0 Å². The van der Waals surface area contributed by atoms with Gasteiger partial charge in [0, 0.05) is 0 Å². The number of hydrogen-bond donors (Lipinski definition) is 0. The van der Waals surface area contributed by atoms with Crippen LogP contribution >= 0.6 is 0 Å². The van der Waals surface area contributed by atoms with Crippen molar-refractivity contribution >= 4 is 0 Å². The van der Waals surface area contributed by atoms with E-state index in [1.165, 1.54) is 12.1 Å². The molecule has 118 valence electrons. The molecule has 0 N–H and O–H groups in total. The van der Waals surface area contributed by atoms with Gasteiger partial charge in [-0.15, -0.1) is 0 Å². The molecular weight excluding hydrogens is 310 g/mol. The summed E-state index contributed by atoms with van der Waals surface area (Å²) in [6.07, 6.45) is -9.82. The first-order valence-electron chi connectivity index (χ1n) is 6.10. The predicted molar refractivity (Wildman–Crippen MR) is 67.7 cm³/mol. The summed E-state index contributed by atoms with van der Waals surface area (Å²) >= 11 is 0. The number of ether oxygens (including phenoxy) is 1. The highest BCUT2D eigenvalue weighted by Gasteiger charge is 2.39. The van der Waals surface area contributed by atoms with Crippen molar-refractivity contribution in [1.29, 1.82) is 0 Å². The Morgan fingerprint density at radius 2 is 1.36 bits per heavy atom. The Morgan fingerprint density at radius 3 is 1.86 bits per heavy atom. The molecule has 0 heterocycles. The fourth-order valence-corrected chi connectivity index (χ4v) is 1.75.